The summed E-state index contributed by atoms with van der Waals surface area (Å²) in [6, 6.07) is 15.2. The first kappa shape index (κ1) is 27.0. The SMILES string of the molecule is COc1cc2c(cc1OC)[C@@H](c1c(F)cccc1Cl)N(C(=O)c1ccc(-c3cccc(C(F)(F)F)c3)s1)CC2. The molecule has 2 heterocycles. The van der Waals surface area contributed by atoms with Gasteiger partial charge in [-0.3, -0.25) is 4.79 Å². The number of benzene rings is 3. The number of hydrogen-bond acceptors (Lipinski definition) is 4. The predicted molar refractivity (Wildman–Crippen MR) is 142 cm³/mol. The number of alkyl halides is 3. The highest BCUT2D eigenvalue weighted by Crippen LogP contribution is 2.44. The summed E-state index contributed by atoms with van der Waals surface area (Å²) in [7, 11) is 3.01. The molecular formula is C29H22ClF4NO3S. The number of thiophene rings is 1. The van der Waals surface area contributed by atoms with E-state index in [-0.39, 0.29) is 23.0 Å². The molecule has 39 heavy (non-hydrogen) atoms. The third kappa shape index (κ3) is 5.08. The van der Waals surface area contributed by atoms with Crippen molar-refractivity contribution in [2.24, 2.45) is 0 Å². The van der Waals surface area contributed by atoms with Gasteiger partial charge >= 0.3 is 6.18 Å². The van der Waals surface area contributed by atoms with Gasteiger partial charge in [-0.15, -0.1) is 11.3 Å². The number of nitrogens with zero attached hydrogens (tertiary/aromatic N) is 1. The van der Waals surface area contributed by atoms with Crippen LogP contribution in [-0.2, 0) is 12.6 Å². The van der Waals surface area contributed by atoms with Crippen LogP contribution in [0.25, 0.3) is 10.4 Å². The Morgan fingerprint density at radius 2 is 1.72 bits per heavy atom. The Morgan fingerprint density at radius 1 is 1.00 bits per heavy atom. The smallest absolute Gasteiger partial charge is 0.416 e. The molecule has 0 N–H and O–H groups in total. The van der Waals surface area contributed by atoms with Crippen LogP contribution in [-0.4, -0.2) is 31.6 Å². The molecule has 3 aromatic carbocycles. The number of methoxy groups -OCH3 is 2. The van der Waals surface area contributed by atoms with Crippen molar-refractivity contribution in [2.45, 2.75) is 18.6 Å². The van der Waals surface area contributed by atoms with Crippen LogP contribution in [0, 0.1) is 5.82 Å². The molecule has 5 rings (SSSR count). The zero-order valence-corrected chi connectivity index (χ0v) is 22.4. The standard InChI is InChI=1S/C29H22ClF4NO3S/c1-37-22-14-16-11-12-35(27(19(16)15-23(22)38-2)26-20(30)7-4-8-21(26)31)28(36)25-10-9-24(39-25)17-5-3-6-18(13-17)29(32,33)34/h3-10,13-15,27H,11-12H2,1-2H3/t27-/m0/s1. The summed E-state index contributed by atoms with van der Waals surface area (Å²) < 4.78 is 65.9. The van der Waals surface area contributed by atoms with E-state index in [0.717, 1.165) is 29.0 Å². The quantitative estimate of drug-likeness (QED) is 0.226. The van der Waals surface area contributed by atoms with E-state index in [0.29, 0.717) is 38.8 Å². The number of amides is 1. The van der Waals surface area contributed by atoms with Gasteiger partial charge in [-0.2, -0.15) is 13.2 Å². The van der Waals surface area contributed by atoms with E-state index in [1.807, 2.05) is 6.07 Å². The molecule has 1 amide bonds. The van der Waals surface area contributed by atoms with E-state index < -0.39 is 23.6 Å². The lowest BCUT2D eigenvalue weighted by molar-refractivity contribution is -0.137. The summed E-state index contributed by atoms with van der Waals surface area (Å²) in [6.45, 7) is 0.257. The number of rotatable bonds is 5. The molecule has 0 saturated carbocycles. The second-order valence-electron chi connectivity index (χ2n) is 8.93. The van der Waals surface area contributed by atoms with Crippen LogP contribution in [0.3, 0.4) is 0 Å². The molecule has 202 valence electrons. The van der Waals surface area contributed by atoms with E-state index in [2.05, 4.69) is 0 Å². The lowest BCUT2D eigenvalue weighted by atomic mass is 9.87. The van der Waals surface area contributed by atoms with Crippen molar-refractivity contribution in [1.82, 2.24) is 4.90 Å². The Labute approximate surface area is 231 Å². The molecule has 1 aliphatic heterocycles. The Morgan fingerprint density at radius 3 is 2.41 bits per heavy atom. The summed E-state index contributed by atoms with van der Waals surface area (Å²) in [6.07, 6.45) is -4.01. The molecule has 0 unspecified atom stereocenters. The lowest BCUT2D eigenvalue weighted by Crippen LogP contribution is -2.40. The minimum atomic E-state index is -4.48. The largest absolute Gasteiger partial charge is 0.493 e. The summed E-state index contributed by atoms with van der Waals surface area (Å²) in [4.78, 5) is 16.3. The zero-order chi connectivity index (χ0) is 27.9. The third-order valence-electron chi connectivity index (χ3n) is 6.70. The Hall–Kier alpha value is -3.56. The molecule has 1 aromatic heterocycles. The van der Waals surface area contributed by atoms with Gasteiger partial charge in [0.05, 0.1) is 30.7 Å². The maximum atomic E-state index is 15.3. The van der Waals surface area contributed by atoms with Gasteiger partial charge in [0.25, 0.3) is 5.91 Å². The summed E-state index contributed by atoms with van der Waals surface area (Å²) in [5, 5.41) is 0.163. The van der Waals surface area contributed by atoms with Gasteiger partial charge in [-0.25, -0.2) is 4.39 Å². The Kier molecular flexibility index (Phi) is 7.31. The van der Waals surface area contributed by atoms with E-state index in [1.165, 1.54) is 32.4 Å². The first-order chi connectivity index (χ1) is 18.6. The highest BCUT2D eigenvalue weighted by Gasteiger charge is 2.37. The summed E-state index contributed by atoms with van der Waals surface area (Å²) in [5.74, 6) is -0.0175. The molecule has 0 fully saturated rings. The number of ether oxygens (including phenoxy) is 2. The van der Waals surface area contributed by atoms with Crippen LogP contribution >= 0.6 is 22.9 Å². The molecule has 1 aliphatic rings. The van der Waals surface area contributed by atoms with Crippen molar-refractivity contribution < 1.29 is 31.8 Å². The average molecular weight is 576 g/mol. The van der Waals surface area contributed by atoms with Crippen molar-refractivity contribution in [1.29, 1.82) is 0 Å². The molecule has 0 radical (unpaired) electrons. The molecule has 0 aliphatic carbocycles. The predicted octanol–water partition coefficient (Wildman–Crippen LogP) is 8.03. The highest BCUT2D eigenvalue weighted by atomic mass is 35.5. The van der Waals surface area contributed by atoms with Gasteiger partial charge in [-0.1, -0.05) is 29.8 Å². The molecule has 4 nitrogen and oxygen atoms in total. The molecule has 10 heteroatoms. The normalized spacial score (nSPS) is 15.2. The van der Waals surface area contributed by atoms with Gasteiger partial charge in [0.1, 0.15) is 5.82 Å². The number of fused-ring (bicyclic) bond motifs is 1. The monoisotopic (exact) mass is 575 g/mol. The van der Waals surface area contributed by atoms with Crippen molar-refractivity contribution in [3.05, 3.63) is 105 Å². The number of halogens is 5. The van der Waals surface area contributed by atoms with Crippen LogP contribution in [0.1, 0.15) is 38.0 Å². The van der Waals surface area contributed by atoms with Crippen LogP contribution in [0.5, 0.6) is 11.5 Å². The minimum absolute atomic E-state index is 0.148. The zero-order valence-electron chi connectivity index (χ0n) is 20.8. The lowest BCUT2D eigenvalue weighted by Gasteiger charge is -2.38. The third-order valence-corrected chi connectivity index (χ3v) is 8.15. The molecule has 0 spiro atoms. The average Bonchev–Trinajstić information content (AvgIpc) is 3.42. The van der Waals surface area contributed by atoms with E-state index >= 15 is 4.39 Å². The van der Waals surface area contributed by atoms with E-state index in [1.54, 1.807) is 35.2 Å². The Bertz CT molecular complexity index is 1530. The van der Waals surface area contributed by atoms with Crippen LogP contribution < -0.4 is 9.47 Å². The van der Waals surface area contributed by atoms with Gasteiger partial charge in [0.15, 0.2) is 11.5 Å². The molecular weight excluding hydrogens is 554 g/mol. The second-order valence-corrected chi connectivity index (χ2v) is 10.4. The van der Waals surface area contributed by atoms with Gasteiger partial charge < -0.3 is 14.4 Å². The number of carbonyl (C=O) groups excluding carboxylic acids is 1. The summed E-state index contributed by atoms with van der Waals surface area (Å²) >= 11 is 7.57. The maximum Gasteiger partial charge on any atom is 0.416 e. The fourth-order valence-electron chi connectivity index (χ4n) is 4.85. The highest BCUT2D eigenvalue weighted by molar-refractivity contribution is 7.17. The van der Waals surface area contributed by atoms with Crippen molar-refractivity contribution >= 4 is 28.8 Å². The van der Waals surface area contributed by atoms with Crippen LogP contribution in [0.2, 0.25) is 5.02 Å². The van der Waals surface area contributed by atoms with Crippen molar-refractivity contribution in [3.8, 4) is 21.9 Å². The van der Waals surface area contributed by atoms with Crippen molar-refractivity contribution in [3.63, 3.8) is 0 Å². The second kappa shape index (κ2) is 10.5. The van der Waals surface area contributed by atoms with Gasteiger partial charge in [0.2, 0.25) is 0 Å². The fraction of sp³-hybridized carbons (Fsp3) is 0.207. The van der Waals surface area contributed by atoms with E-state index in [4.69, 9.17) is 21.1 Å². The molecule has 1 atom stereocenters. The molecule has 0 saturated heterocycles. The minimum Gasteiger partial charge on any atom is -0.493 e. The summed E-state index contributed by atoms with van der Waals surface area (Å²) in [5.41, 5.74) is 1.23. The number of hydrogen-bond donors (Lipinski definition) is 0. The topological polar surface area (TPSA) is 38.8 Å². The maximum absolute atomic E-state index is 15.3. The molecule has 4 aromatic rings. The van der Waals surface area contributed by atoms with Crippen molar-refractivity contribution in [2.75, 3.05) is 20.8 Å². The fourth-order valence-corrected chi connectivity index (χ4v) is 6.07. The molecule has 0 bridgehead atoms. The van der Waals surface area contributed by atoms with Gasteiger partial charge in [0, 0.05) is 22.0 Å². The van der Waals surface area contributed by atoms with E-state index in [9.17, 15) is 18.0 Å². The van der Waals surface area contributed by atoms with Crippen LogP contribution in [0.4, 0.5) is 17.6 Å². The Balaban J connectivity index is 1.58. The van der Waals surface area contributed by atoms with Crippen LogP contribution in [0.15, 0.2) is 66.7 Å². The number of carbonyl (C=O) groups is 1. The van der Waals surface area contributed by atoms with Gasteiger partial charge in [-0.05, 0) is 71.6 Å². The first-order valence-electron chi connectivity index (χ1n) is 11.9. The first-order valence-corrected chi connectivity index (χ1v) is 13.1.